The molecule has 0 aromatic rings. The first-order chi connectivity index (χ1) is 9.61. The Labute approximate surface area is 124 Å². The first-order valence-electron chi connectivity index (χ1n) is 8.51. The second-order valence-electron chi connectivity index (χ2n) is 7.02. The molecule has 1 aliphatic heterocycles. The Morgan fingerprint density at radius 3 is 2.80 bits per heavy atom. The van der Waals surface area contributed by atoms with Crippen molar-refractivity contribution in [1.29, 1.82) is 5.26 Å². The number of nitrogens with one attached hydrogen (secondary N) is 1. The van der Waals surface area contributed by atoms with Crippen molar-refractivity contribution in [2.24, 2.45) is 11.8 Å². The average Bonchev–Trinajstić information content (AvgIpc) is 2.84. The minimum atomic E-state index is -0.237. The van der Waals surface area contributed by atoms with Gasteiger partial charge in [0, 0.05) is 12.6 Å². The molecule has 1 saturated heterocycles. The molecule has 20 heavy (non-hydrogen) atoms. The highest BCUT2D eigenvalue weighted by atomic mass is 15.2. The molecule has 2 fully saturated rings. The van der Waals surface area contributed by atoms with E-state index in [1.807, 2.05) is 0 Å². The Kier molecular flexibility index (Phi) is 5.46. The van der Waals surface area contributed by atoms with Crippen LogP contribution in [0.1, 0.15) is 59.3 Å². The molecule has 3 heteroatoms. The summed E-state index contributed by atoms with van der Waals surface area (Å²) in [7, 11) is 0. The molecule has 2 rings (SSSR count). The highest BCUT2D eigenvalue weighted by Gasteiger charge is 2.42. The van der Waals surface area contributed by atoms with Gasteiger partial charge in [-0.05, 0) is 64.0 Å². The zero-order valence-electron chi connectivity index (χ0n) is 13.5. The fraction of sp³-hybridized carbons (Fsp3) is 0.941. The van der Waals surface area contributed by atoms with E-state index in [-0.39, 0.29) is 5.54 Å². The summed E-state index contributed by atoms with van der Waals surface area (Å²) in [6.45, 7) is 10.2. The zero-order valence-corrected chi connectivity index (χ0v) is 13.5. The number of piperidine rings is 1. The molecule has 1 heterocycles. The standard InChI is InChI=1S/C17H31N3/c1-4-19-17(13-18)10-5-6-16(17)9-11-20-12-14(2)7-8-15(20)3/h14-16,19H,4-12H2,1-3H3. The molecule has 114 valence electrons. The molecule has 3 nitrogen and oxygen atoms in total. The lowest BCUT2D eigenvalue weighted by molar-refractivity contribution is 0.112. The molecule has 4 atom stereocenters. The quantitative estimate of drug-likeness (QED) is 0.839. The third kappa shape index (κ3) is 3.35. The summed E-state index contributed by atoms with van der Waals surface area (Å²) in [6, 6.07) is 3.33. The lowest BCUT2D eigenvalue weighted by atomic mass is 9.85. The van der Waals surface area contributed by atoms with Crippen molar-refractivity contribution in [1.82, 2.24) is 10.2 Å². The van der Waals surface area contributed by atoms with Crippen LogP contribution in [0.25, 0.3) is 0 Å². The summed E-state index contributed by atoms with van der Waals surface area (Å²) in [5.74, 6) is 1.38. The molecule has 1 N–H and O–H groups in total. The van der Waals surface area contributed by atoms with Gasteiger partial charge >= 0.3 is 0 Å². The molecular weight excluding hydrogens is 246 g/mol. The molecule has 0 spiro atoms. The van der Waals surface area contributed by atoms with Crippen LogP contribution < -0.4 is 5.32 Å². The minimum absolute atomic E-state index is 0.237. The van der Waals surface area contributed by atoms with Crippen LogP contribution in [-0.4, -0.2) is 36.1 Å². The Morgan fingerprint density at radius 1 is 1.30 bits per heavy atom. The summed E-state index contributed by atoms with van der Waals surface area (Å²) in [6.07, 6.45) is 7.35. The van der Waals surface area contributed by atoms with Gasteiger partial charge in [-0.15, -0.1) is 0 Å². The molecule has 0 amide bonds. The second kappa shape index (κ2) is 6.91. The molecule has 2 aliphatic rings. The number of nitriles is 1. The number of likely N-dealkylation sites (tertiary alicyclic amines) is 1. The molecular formula is C17H31N3. The molecule has 1 saturated carbocycles. The highest BCUT2D eigenvalue weighted by Crippen LogP contribution is 2.38. The topological polar surface area (TPSA) is 39.1 Å². The van der Waals surface area contributed by atoms with Gasteiger partial charge in [-0.2, -0.15) is 5.26 Å². The first kappa shape index (κ1) is 15.8. The molecule has 0 aromatic carbocycles. The zero-order chi connectivity index (χ0) is 14.6. The summed E-state index contributed by atoms with van der Waals surface area (Å²) in [5, 5.41) is 13.1. The Morgan fingerprint density at radius 2 is 2.10 bits per heavy atom. The van der Waals surface area contributed by atoms with Crippen LogP contribution in [0.15, 0.2) is 0 Å². The van der Waals surface area contributed by atoms with Crippen molar-refractivity contribution in [3.63, 3.8) is 0 Å². The maximum atomic E-state index is 9.62. The van der Waals surface area contributed by atoms with E-state index in [0.29, 0.717) is 5.92 Å². The number of hydrogen-bond donors (Lipinski definition) is 1. The van der Waals surface area contributed by atoms with Gasteiger partial charge in [0.05, 0.1) is 6.07 Å². The average molecular weight is 277 g/mol. The third-order valence-corrected chi connectivity index (χ3v) is 5.52. The Bertz CT molecular complexity index is 349. The lowest BCUT2D eigenvalue weighted by Crippen LogP contribution is -2.48. The highest BCUT2D eigenvalue weighted by molar-refractivity contribution is 5.14. The molecule has 1 aliphatic carbocycles. The number of hydrogen-bond acceptors (Lipinski definition) is 3. The van der Waals surface area contributed by atoms with E-state index in [4.69, 9.17) is 0 Å². The minimum Gasteiger partial charge on any atom is -0.300 e. The fourth-order valence-electron chi connectivity index (χ4n) is 4.22. The van der Waals surface area contributed by atoms with Crippen LogP contribution in [0.3, 0.4) is 0 Å². The monoisotopic (exact) mass is 277 g/mol. The van der Waals surface area contributed by atoms with E-state index in [0.717, 1.165) is 24.9 Å². The second-order valence-corrected chi connectivity index (χ2v) is 7.02. The normalized spacial score (nSPS) is 38.8. The maximum Gasteiger partial charge on any atom is 0.109 e. The van der Waals surface area contributed by atoms with Crippen molar-refractivity contribution in [2.75, 3.05) is 19.6 Å². The van der Waals surface area contributed by atoms with Crippen LogP contribution in [0.4, 0.5) is 0 Å². The van der Waals surface area contributed by atoms with Crippen LogP contribution in [0.5, 0.6) is 0 Å². The van der Waals surface area contributed by atoms with Gasteiger partial charge in [-0.25, -0.2) is 0 Å². The van der Waals surface area contributed by atoms with Gasteiger partial charge in [0.15, 0.2) is 0 Å². The van der Waals surface area contributed by atoms with E-state index >= 15 is 0 Å². The van der Waals surface area contributed by atoms with Crippen molar-refractivity contribution in [2.45, 2.75) is 70.9 Å². The molecule has 4 unspecified atom stereocenters. The first-order valence-corrected chi connectivity index (χ1v) is 8.51. The van der Waals surface area contributed by atoms with Crippen molar-refractivity contribution in [3.05, 3.63) is 0 Å². The largest absolute Gasteiger partial charge is 0.300 e. The van der Waals surface area contributed by atoms with E-state index < -0.39 is 0 Å². The predicted octanol–water partition coefficient (Wildman–Crippen LogP) is 3.17. The van der Waals surface area contributed by atoms with Crippen molar-refractivity contribution in [3.8, 4) is 6.07 Å². The van der Waals surface area contributed by atoms with E-state index in [2.05, 4.69) is 37.1 Å². The summed E-state index contributed by atoms with van der Waals surface area (Å²) >= 11 is 0. The van der Waals surface area contributed by atoms with Crippen molar-refractivity contribution >= 4 is 0 Å². The SMILES string of the molecule is CCNC1(C#N)CCCC1CCN1CC(C)CCC1C. The van der Waals surface area contributed by atoms with Gasteiger partial charge in [0.25, 0.3) is 0 Å². The van der Waals surface area contributed by atoms with Crippen molar-refractivity contribution < 1.29 is 0 Å². The van der Waals surface area contributed by atoms with Gasteiger partial charge in [0.2, 0.25) is 0 Å². The Hall–Kier alpha value is -0.590. The van der Waals surface area contributed by atoms with Gasteiger partial charge in [-0.1, -0.05) is 20.3 Å². The maximum absolute atomic E-state index is 9.62. The Balaban J connectivity index is 1.90. The van der Waals surface area contributed by atoms with Crippen LogP contribution in [0.2, 0.25) is 0 Å². The smallest absolute Gasteiger partial charge is 0.109 e. The summed E-state index contributed by atoms with van der Waals surface area (Å²) < 4.78 is 0. The molecule has 0 bridgehead atoms. The lowest BCUT2D eigenvalue weighted by Gasteiger charge is -2.38. The van der Waals surface area contributed by atoms with E-state index in [1.165, 1.54) is 45.2 Å². The van der Waals surface area contributed by atoms with Gasteiger partial charge < -0.3 is 4.90 Å². The van der Waals surface area contributed by atoms with Crippen LogP contribution >= 0.6 is 0 Å². The van der Waals surface area contributed by atoms with E-state index in [9.17, 15) is 5.26 Å². The van der Waals surface area contributed by atoms with Crippen LogP contribution in [-0.2, 0) is 0 Å². The number of nitrogens with zero attached hydrogens (tertiary/aromatic N) is 2. The number of rotatable bonds is 5. The summed E-state index contributed by atoms with van der Waals surface area (Å²) in [5.41, 5.74) is -0.237. The van der Waals surface area contributed by atoms with Crippen LogP contribution in [0, 0.1) is 23.2 Å². The van der Waals surface area contributed by atoms with Gasteiger partial charge in [0.1, 0.15) is 5.54 Å². The third-order valence-electron chi connectivity index (χ3n) is 5.52. The molecule has 0 radical (unpaired) electrons. The van der Waals surface area contributed by atoms with Gasteiger partial charge in [-0.3, -0.25) is 5.32 Å². The van der Waals surface area contributed by atoms with E-state index in [1.54, 1.807) is 0 Å². The predicted molar refractivity (Wildman–Crippen MR) is 83.4 cm³/mol. The summed E-state index contributed by atoms with van der Waals surface area (Å²) in [4.78, 5) is 2.65. The fourth-order valence-corrected chi connectivity index (χ4v) is 4.22. The molecule has 0 aromatic heterocycles.